The summed E-state index contributed by atoms with van der Waals surface area (Å²) in [6.45, 7) is 4.18. The quantitative estimate of drug-likeness (QED) is 0.429. The fourth-order valence-corrected chi connectivity index (χ4v) is 5.06. The third-order valence-corrected chi connectivity index (χ3v) is 6.50. The molecule has 0 aliphatic heterocycles. The molecule has 2 aliphatic carbocycles. The smallest absolute Gasteiger partial charge is 0.167 e. The molecule has 3 heteroatoms. The van der Waals surface area contributed by atoms with Crippen LogP contribution in [-0.2, 0) is 6.42 Å². The van der Waals surface area contributed by atoms with Gasteiger partial charge in [-0.25, -0.2) is 13.2 Å². The van der Waals surface area contributed by atoms with Gasteiger partial charge in [-0.3, -0.25) is 0 Å². The van der Waals surface area contributed by atoms with Gasteiger partial charge in [0.25, 0.3) is 0 Å². The molecule has 4 rings (SSSR count). The summed E-state index contributed by atoms with van der Waals surface area (Å²) in [6.07, 6.45) is 7.83. The van der Waals surface area contributed by atoms with Crippen LogP contribution in [0.2, 0.25) is 0 Å². The van der Waals surface area contributed by atoms with Crippen LogP contribution in [0.3, 0.4) is 0 Å². The van der Waals surface area contributed by atoms with Crippen molar-refractivity contribution in [2.45, 2.75) is 71.1 Å². The summed E-state index contributed by atoms with van der Waals surface area (Å²) in [5.41, 5.74) is 2.88. The second kappa shape index (κ2) is 7.33. The van der Waals surface area contributed by atoms with Gasteiger partial charge in [0.1, 0.15) is 5.82 Å². The van der Waals surface area contributed by atoms with E-state index in [2.05, 4.69) is 6.92 Å². The van der Waals surface area contributed by atoms with E-state index >= 15 is 0 Å². The molecule has 0 unspecified atom stereocenters. The van der Waals surface area contributed by atoms with E-state index in [1.807, 2.05) is 13.0 Å². The molecule has 0 amide bonds. The van der Waals surface area contributed by atoms with Gasteiger partial charge in [-0.2, -0.15) is 0 Å². The third kappa shape index (κ3) is 2.99. The SMILES string of the molecule is CCCc1ccc2c(c1F)-c1c-2cc(C2CCC(CCC)CC2)c(F)c1F. The van der Waals surface area contributed by atoms with E-state index in [1.165, 1.54) is 12.8 Å². The minimum Gasteiger partial charge on any atom is -0.206 e. The second-order valence-corrected chi connectivity index (χ2v) is 8.23. The van der Waals surface area contributed by atoms with Gasteiger partial charge in [0.2, 0.25) is 0 Å². The Morgan fingerprint density at radius 1 is 0.815 bits per heavy atom. The average molecular weight is 372 g/mol. The maximum atomic E-state index is 14.9. The zero-order valence-corrected chi connectivity index (χ0v) is 16.2. The minimum absolute atomic E-state index is 0.0752. The highest BCUT2D eigenvalue weighted by Gasteiger charge is 2.35. The molecule has 144 valence electrons. The van der Waals surface area contributed by atoms with E-state index in [4.69, 9.17) is 0 Å². The summed E-state index contributed by atoms with van der Waals surface area (Å²) in [6, 6.07) is 5.45. The first-order valence-electron chi connectivity index (χ1n) is 10.4. The maximum absolute atomic E-state index is 14.9. The molecule has 0 atom stereocenters. The van der Waals surface area contributed by atoms with Gasteiger partial charge < -0.3 is 0 Å². The number of halogens is 3. The van der Waals surface area contributed by atoms with Gasteiger partial charge in [0.05, 0.1) is 0 Å². The molecule has 2 aromatic carbocycles. The zero-order chi connectivity index (χ0) is 19.1. The first kappa shape index (κ1) is 18.6. The molecule has 0 nitrogen and oxygen atoms in total. The van der Waals surface area contributed by atoms with E-state index in [9.17, 15) is 13.2 Å². The summed E-state index contributed by atoms with van der Waals surface area (Å²) in [4.78, 5) is 0. The van der Waals surface area contributed by atoms with Crippen LogP contribution < -0.4 is 0 Å². The van der Waals surface area contributed by atoms with Crippen molar-refractivity contribution in [3.63, 3.8) is 0 Å². The molecule has 0 saturated heterocycles. The second-order valence-electron chi connectivity index (χ2n) is 8.23. The van der Waals surface area contributed by atoms with Gasteiger partial charge in [-0.05, 0) is 72.3 Å². The molecule has 27 heavy (non-hydrogen) atoms. The monoisotopic (exact) mass is 372 g/mol. The number of benzene rings is 2. The molecule has 1 fully saturated rings. The molecule has 1 saturated carbocycles. The Kier molecular flexibility index (Phi) is 5.05. The highest BCUT2D eigenvalue weighted by Crippen LogP contribution is 2.53. The van der Waals surface area contributed by atoms with E-state index < -0.39 is 11.6 Å². The van der Waals surface area contributed by atoms with Crippen molar-refractivity contribution in [2.75, 3.05) is 0 Å². The summed E-state index contributed by atoms with van der Waals surface area (Å²) in [7, 11) is 0. The lowest BCUT2D eigenvalue weighted by molar-refractivity contribution is 0.303. The first-order valence-corrected chi connectivity index (χ1v) is 10.4. The molecular formula is C24H27F3. The van der Waals surface area contributed by atoms with E-state index in [0.717, 1.165) is 43.6 Å². The van der Waals surface area contributed by atoms with Crippen LogP contribution in [0.1, 0.15) is 75.8 Å². The summed E-state index contributed by atoms with van der Waals surface area (Å²) in [5, 5.41) is 0. The highest BCUT2D eigenvalue weighted by molar-refractivity contribution is 6.03. The highest BCUT2D eigenvalue weighted by atomic mass is 19.2. The standard InChI is InChI=1S/C24H27F3/c1-3-5-14-7-9-15(10-8-14)18-13-19-17-12-11-16(6-4-2)22(25)20(17)21(19)24(27)23(18)26/h11-15H,3-10H2,1-2H3. The topological polar surface area (TPSA) is 0 Å². The fourth-order valence-electron chi connectivity index (χ4n) is 5.06. The van der Waals surface area contributed by atoms with Crippen molar-refractivity contribution in [3.05, 3.63) is 46.8 Å². The van der Waals surface area contributed by atoms with E-state index in [1.54, 1.807) is 12.1 Å². The van der Waals surface area contributed by atoms with Crippen molar-refractivity contribution in [1.29, 1.82) is 0 Å². The largest absolute Gasteiger partial charge is 0.206 e. The van der Waals surface area contributed by atoms with Crippen molar-refractivity contribution in [2.24, 2.45) is 5.92 Å². The van der Waals surface area contributed by atoms with E-state index in [-0.39, 0.29) is 22.9 Å². The Morgan fingerprint density at radius 3 is 2.19 bits per heavy atom. The zero-order valence-electron chi connectivity index (χ0n) is 16.2. The summed E-state index contributed by atoms with van der Waals surface area (Å²) < 4.78 is 44.5. The molecule has 0 heterocycles. The summed E-state index contributed by atoms with van der Waals surface area (Å²) in [5.74, 6) is -1.21. The van der Waals surface area contributed by atoms with Gasteiger partial charge in [0.15, 0.2) is 11.6 Å². The number of rotatable bonds is 5. The predicted molar refractivity (Wildman–Crippen MR) is 104 cm³/mol. The van der Waals surface area contributed by atoms with Crippen LogP contribution in [0.5, 0.6) is 0 Å². The van der Waals surface area contributed by atoms with Crippen LogP contribution in [0.15, 0.2) is 18.2 Å². The van der Waals surface area contributed by atoms with Crippen LogP contribution in [0.25, 0.3) is 22.3 Å². The lowest BCUT2D eigenvalue weighted by atomic mass is 9.73. The number of fused-ring (bicyclic) bond motifs is 4. The van der Waals surface area contributed by atoms with Crippen molar-refractivity contribution in [3.8, 4) is 22.3 Å². The van der Waals surface area contributed by atoms with Gasteiger partial charge >= 0.3 is 0 Å². The Labute approximate surface area is 159 Å². The first-order chi connectivity index (χ1) is 13.1. The Hall–Kier alpha value is -1.77. The molecule has 0 spiro atoms. The predicted octanol–water partition coefficient (Wildman–Crippen LogP) is 7.78. The maximum Gasteiger partial charge on any atom is 0.167 e. The molecular weight excluding hydrogens is 345 g/mol. The lowest BCUT2D eigenvalue weighted by Crippen LogP contribution is -2.17. The Bertz CT molecular complexity index is 861. The van der Waals surface area contributed by atoms with Crippen molar-refractivity contribution in [1.82, 2.24) is 0 Å². The average Bonchev–Trinajstić information content (AvgIpc) is 2.65. The van der Waals surface area contributed by atoms with Gasteiger partial charge in [-0.1, -0.05) is 45.2 Å². The number of hydrogen-bond donors (Lipinski definition) is 0. The van der Waals surface area contributed by atoms with Crippen LogP contribution in [0.4, 0.5) is 13.2 Å². The molecule has 0 radical (unpaired) electrons. The number of aryl methyl sites for hydroxylation is 1. The van der Waals surface area contributed by atoms with Gasteiger partial charge in [0, 0.05) is 11.1 Å². The van der Waals surface area contributed by atoms with Crippen LogP contribution in [-0.4, -0.2) is 0 Å². The molecule has 0 aromatic heterocycles. The lowest BCUT2D eigenvalue weighted by Gasteiger charge is -2.32. The normalized spacial score (nSPS) is 20.8. The van der Waals surface area contributed by atoms with Gasteiger partial charge in [-0.15, -0.1) is 0 Å². The third-order valence-electron chi connectivity index (χ3n) is 6.50. The molecule has 2 aliphatic rings. The fraction of sp³-hybridized carbons (Fsp3) is 0.500. The minimum atomic E-state index is -0.863. The summed E-state index contributed by atoms with van der Waals surface area (Å²) >= 11 is 0. The molecule has 0 N–H and O–H groups in total. The van der Waals surface area contributed by atoms with Crippen LogP contribution >= 0.6 is 0 Å². The van der Waals surface area contributed by atoms with Crippen LogP contribution in [0, 0.1) is 23.4 Å². The van der Waals surface area contributed by atoms with Crippen molar-refractivity contribution >= 4 is 0 Å². The Morgan fingerprint density at radius 2 is 1.52 bits per heavy atom. The molecule has 2 aromatic rings. The van der Waals surface area contributed by atoms with Crippen molar-refractivity contribution < 1.29 is 13.2 Å². The Balaban J connectivity index is 1.67. The molecule has 0 bridgehead atoms. The number of hydrogen-bond acceptors (Lipinski definition) is 0. The van der Waals surface area contributed by atoms with E-state index in [0.29, 0.717) is 23.1 Å².